The van der Waals surface area contributed by atoms with Gasteiger partial charge in [-0.25, -0.2) is 4.79 Å². The van der Waals surface area contributed by atoms with Gasteiger partial charge in [0.05, 0.1) is 5.52 Å². The van der Waals surface area contributed by atoms with Crippen LogP contribution in [-0.4, -0.2) is 10.5 Å². The van der Waals surface area contributed by atoms with E-state index >= 15 is 0 Å². The fourth-order valence-corrected chi connectivity index (χ4v) is 2.66. The predicted molar refractivity (Wildman–Crippen MR) is 99.2 cm³/mol. The van der Waals surface area contributed by atoms with E-state index in [-0.39, 0.29) is 5.91 Å². The molecule has 3 rings (SSSR count). The SMILES string of the molecule is C=CCn1c(=O)oc2ccc(C(=O)Nc3ccc(C(C)C)cc3)cc21. The third kappa shape index (κ3) is 3.40. The Labute approximate surface area is 145 Å². The number of nitrogens with zero attached hydrogens (tertiary/aromatic N) is 1. The molecule has 1 N–H and O–H groups in total. The minimum Gasteiger partial charge on any atom is -0.408 e. The molecule has 1 aromatic heterocycles. The quantitative estimate of drug-likeness (QED) is 0.712. The molecule has 0 fully saturated rings. The molecule has 1 heterocycles. The van der Waals surface area contributed by atoms with Gasteiger partial charge in [-0.2, -0.15) is 0 Å². The molecule has 5 heteroatoms. The number of rotatable bonds is 5. The van der Waals surface area contributed by atoms with Gasteiger partial charge < -0.3 is 9.73 Å². The van der Waals surface area contributed by atoms with Crippen LogP contribution in [0.15, 0.2) is 64.3 Å². The van der Waals surface area contributed by atoms with Gasteiger partial charge >= 0.3 is 5.76 Å². The first kappa shape index (κ1) is 16.8. The van der Waals surface area contributed by atoms with E-state index in [1.54, 1.807) is 24.3 Å². The summed E-state index contributed by atoms with van der Waals surface area (Å²) in [5.74, 6) is -0.260. The normalized spacial score (nSPS) is 11.0. The summed E-state index contributed by atoms with van der Waals surface area (Å²) in [7, 11) is 0. The second kappa shape index (κ2) is 6.81. The van der Waals surface area contributed by atoms with E-state index in [1.807, 2.05) is 24.3 Å². The number of aromatic nitrogens is 1. The van der Waals surface area contributed by atoms with Crippen molar-refractivity contribution in [2.24, 2.45) is 0 Å². The Hall–Kier alpha value is -3.08. The lowest BCUT2D eigenvalue weighted by Crippen LogP contribution is -2.14. The fraction of sp³-hybridized carbons (Fsp3) is 0.200. The molecule has 0 unspecified atom stereocenters. The maximum Gasteiger partial charge on any atom is 0.420 e. The van der Waals surface area contributed by atoms with Crippen LogP contribution < -0.4 is 11.1 Å². The van der Waals surface area contributed by atoms with Crippen LogP contribution in [0.3, 0.4) is 0 Å². The Morgan fingerprint density at radius 3 is 2.60 bits per heavy atom. The molecule has 0 radical (unpaired) electrons. The lowest BCUT2D eigenvalue weighted by atomic mass is 10.0. The maximum absolute atomic E-state index is 12.5. The zero-order chi connectivity index (χ0) is 18.0. The van der Waals surface area contributed by atoms with E-state index < -0.39 is 5.76 Å². The summed E-state index contributed by atoms with van der Waals surface area (Å²) in [6.45, 7) is 8.21. The Balaban J connectivity index is 1.87. The van der Waals surface area contributed by atoms with Gasteiger partial charge in [0.15, 0.2) is 5.58 Å². The van der Waals surface area contributed by atoms with E-state index in [1.165, 1.54) is 10.1 Å². The minimum absolute atomic E-state index is 0.238. The molecule has 25 heavy (non-hydrogen) atoms. The molecule has 3 aromatic rings. The van der Waals surface area contributed by atoms with Crippen LogP contribution in [0.5, 0.6) is 0 Å². The van der Waals surface area contributed by atoms with Gasteiger partial charge in [0.25, 0.3) is 5.91 Å². The van der Waals surface area contributed by atoms with Crippen molar-refractivity contribution in [2.45, 2.75) is 26.3 Å². The summed E-state index contributed by atoms with van der Waals surface area (Å²) >= 11 is 0. The average Bonchev–Trinajstić information content (AvgIpc) is 2.90. The van der Waals surface area contributed by atoms with Crippen molar-refractivity contribution in [3.05, 3.63) is 76.8 Å². The highest BCUT2D eigenvalue weighted by atomic mass is 16.4. The van der Waals surface area contributed by atoms with Crippen LogP contribution in [0.1, 0.15) is 35.7 Å². The van der Waals surface area contributed by atoms with Gasteiger partial charge in [-0.15, -0.1) is 6.58 Å². The van der Waals surface area contributed by atoms with Gasteiger partial charge in [0.1, 0.15) is 0 Å². The van der Waals surface area contributed by atoms with Crippen LogP contribution in [0.2, 0.25) is 0 Å². The number of benzene rings is 2. The lowest BCUT2D eigenvalue weighted by molar-refractivity contribution is 0.102. The molecule has 0 atom stereocenters. The predicted octanol–water partition coefficient (Wildman–Crippen LogP) is 4.16. The molecule has 2 aromatic carbocycles. The second-order valence-electron chi connectivity index (χ2n) is 6.18. The Morgan fingerprint density at radius 2 is 1.96 bits per heavy atom. The number of nitrogens with one attached hydrogen (secondary N) is 1. The van der Waals surface area contributed by atoms with Crippen molar-refractivity contribution in [1.29, 1.82) is 0 Å². The van der Waals surface area contributed by atoms with Crippen molar-refractivity contribution in [3.8, 4) is 0 Å². The molecule has 128 valence electrons. The number of anilines is 1. The second-order valence-corrected chi connectivity index (χ2v) is 6.18. The molecule has 0 saturated carbocycles. The van der Waals surface area contributed by atoms with Gasteiger partial charge in [-0.05, 0) is 41.8 Å². The number of carbonyl (C=O) groups excluding carboxylic acids is 1. The van der Waals surface area contributed by atoms with Gasteiger partial charge in [-0.3, -0.25) is 9.36 Å². The third-order valence-corrected chi connectivity index (χ3v) is 4.08. The highest BCUT2D eigenvalue weighted by Crippen LogP contribution is 2.19. The molecule has 0 saturated heterocycles. The molecular formula is C20H20N2O3. The van der Waals surface area contributed by atoms with E-state index in [2.05, 4.69) is 25.7 Å². The van der Waals surface area contributed by atoms with Crippen LogP contribution in [0, 0.1) is 0 Å². The summed E-state index contributed by atoms with van der Waals surface area (Å²) in [6.07, 6.45) is 1.61. The van der Waals surface area contributed by atoms with E-state index in [4.69, 9.17) is 4.42 Å². The topological polar surface area (TPSA) is 64.2 Å². The molecule has 0 bridgehead atoms. The highest BCUT2D eigenvalue weighted by Gasteiger charge is 2.13. The molecule has 0 spiro atoms. The van der Waals surface area contributed by atoms with Crippen LogP contribution >= 0.6 is 0 Å². The van der Waals surface area contributed by atoms with Gasteiger partial charge in [0, 0.05) is 17.8 Å². The monoisotopic (exact) mass is 336 g/mol. The number of allylic oxidation sites excluding steroid dienone is 1. The average molecular weight is 336 g/mol. The number of carbonyl (C=O) groups is 1. The molecule has 1 amide bonds. The molecule has 0 aliphatic carbocycles. The number of oxazole rings is 1. The smallest absolute Gasteiger partial charge is 0.408 e. The summed E-state index contributed by atoms with van der Waals surface area (Å²) in [5.41, 5.74) is 3.42. The van der Waals surface area contributed by atoms with Crippen LogP contribution in [0.4, 0.5) is 5.69 Å². The lowest BCUT2D eigenvalue weighted by Gasteiger charge is -2.08. The first-order valence-corrected chi connectivity index (χ1v) is 8.15. The zero-order valence-corrected chi connectivity index (χ0v) is 14.3. The molecule has 0 aliphatic rings. The van der Waals surface area contributed by atoms with Crippen molar-refractivity contribution < 1.29 is 9.21 Å². The fourth-order valence-electron chi connectivity index (χ4n) is 2.66. The van der Waals surface area contributed by atoms with Gasteiger partial charge in [0.2, 0.25) is 0 Å². The maximum atomic E-state index is 12.5. The summed E-state index contributed by atoms with van der Waals surface area (Å²) in [5, 5.41) is 2.87. The number of amides is 1. The van der Waals surface area contributed by atoms with E-state index in [0.29, 0.717) is 29.1 Å². The Kier molecular flexibility index (Phi) is 4.57. The van der Waals surface area contributed by atoms with Crippen molar-refractivity contribution in [1.82, 2.24) is 4.57 Å². The number of hydrogen-bond acceptors (Lipinski definition) is 3. The number of hydrogen-bond donors (Lipinski definition) is 1. The standard InChI is InChI=1S/C20H20N2O3/c1-4-11-22-17-12-15(7-10-18(17)25-20(22)24)19(23)21-16-8-5-14(6-9-16)13(2)3/h4-10,12-13H,1,11H2,2-3H3,(H,21,23). The van der Waals surface area contributed by atoms with Crippen molar-refractivity contribution in [3.63, 3.8) is 0 Å². The Morgan fingerprint density at radius 1 is 1.24 bits per heavy atom. The summed E-state index contributed by atoms with van der Waals surface area (Å²) < 4.78 is 6.61. The van der Waals surface area contributed by atoms with Crippen molar-refractivity contribution >= 4 is 22.7 Å². The third-order valence-electron chi connectivity index (χ3n) is 4.08. The summed E-state index contributed by atoms with van der Waals surface area (Å²) in [4.78, 5) is 24.3. The van der Waals surface area contributed by atoms with Crippen LogP contribution in [-0.2, 0) is 6.54 Å². The highest BCUT2D eigenvalue weighted by molar-refractivity contribution is 6.05. The molecule has 5 nitrogen and oxygen atoms in total. The minimum atomic E-state index is -0.461. The first-order chi connectivity index (χ1) is 12.0. The Bertz CT molecular complexity index is 978. The largest absolute Gasteiger partial charge is 0.420 e. The van der Waals surface area contributed by atoms with Crippen molar-refractivity contribution in [2.75, 3.05) is 5.32 Å². The van der Waals surface area contributed by atoms with Crippen LogP contribution in [0.25, 0.3) is 11.1 Å². The zero-order valence-electron chi connectivity index (χ0n) is 14.3. The molecular weight excluding hydrogens is 316 g/mol. The summed E-state index contributed by atoms with van der Waals surface area (Å²) in [6, 6.07) is 12.7. The van der Waals surface area contributed by atoms with E-state index in [0.717, 1.165) is 5.69 Å². The van der Waals surface area contributed by atoms with Gasteiger partial charge in [-0.1, -0.05) is 32.1 Å². The molecule has 0 aliphatic heterocycles. The first-order valence-electron chi connectivity index (χ1n) is 8.15. The van der Waals surface area contributed by atoms with E-state index in [9.17, 15) is 9.59 Å². The number of fused-ring (bicyclic) bond motifs is 1.